The van der Waals surface area contributed by atoms with E-state index in [2.05, 4.69) is 20.3 Å². The number of aromatic nitrogens is 4. The van der Waals surface area contributed by atoms with E-state index in [1.807, 2.05) is 26.0 Å². The highest BCUT2D eigenvalue weighted by molar-refractivity contribution is 5.81. The molecule has 2 heterocycles. The lowest BCUT2D eigenvalue weighted by atomic mass is 10.1. The van der Waals surface area contributed by atoms with Crippen LogP contribution < -0.4 is 16.6 Å². The van der Waals surface area contributed by atoms with Gasteiger partial charge < -0.3 is 24.3 Å². The number of rotatable bonds is 6. The van der Waals surface area contributed by atoms with Crippen LogP contribution in [-0.4, -0.2) is 67.4 Å². The highest BCUT2D eigenvalue weighted by Gasteiger charge is 2.25. The number of aryl methyl sites for hydroxylation is 2. The normalized spacial score (nSPS) is 12.0. The molecule has 0 aromatic heterocycles. The van der Waals surface area contributed by atoms with Gasteiger partial charge in [-0.1, -0.05) is 0 Å². The minimum absolute atomic E-state index is 0.0239. The first-order chi connectivity index (χ1) is 17.5. The summed E-state index contributed by atoms with van der Waals surface area (Å²) in [6.45, 7) is 15.0. The van der Waals surface area contributed by atoms with Gasteiger partial charge in [0, 0.05) is 26.2 Å². The van der Waals surface area contributed by atoms with E-state index < -0.39 is 34.6 Å². The number of nitrogens with zero attached hydrogens (tertiary/aromatic N) is 4. The van der Waals surface area contributed by atoms with Crippen molar-refractivity contribution in [3.8, 4) is 11.5 Å². The van der Waals surface area contributed by atoms with E-state index in [1.54, 1.807) is 46.1 Å². The fourth-order valence-corrected chi connectivity index (χ4v) is 3.72. The fraction of sp³-hybridized carbons (Fsp3) is 0.538. The zero-order valence-electron chi connectivity index (χ0n) is 23.2. The van der Waals surface area contributed by atoms with Crippen molar-refractivity contribution in [1.82, 2.24) is 29.7 Å². The van der Waals surface area contributed by atoms with Crippen LogP contribution in [0.5, 0.6) is 0 Å². The summed E-state index contributed by atoms with van der Waals surface area (Å²) >= 11 is 0. The molecule has 12 heteroatoms. The van der Waals surface area contributed by atoms with Gasteiger partial charge in [-0.2, -0.15) is 4.98 Å². The van der Waals surface area contributed by atoms with Crippen LogP contribution in [0.4, 0.5) is 9.59 Å². The van der Waals surface area contributed by atoms with Gasteiger partial charge in [0.15, 0.2) is 11.5 Å². The molecular formula is C26H36N6O6. The zero-order chi connectivity index (χ0) is 28.4. The maximum Gasteiger partial charge on any atom is 0.410 e. The first-order valence-electron chi connectivity index (χ1n) is 12.4. The van der Waals surface area contributed by atoms with E-state index in [0.29, 0.717) is 11.0 Å². The minimum Gasteiger partial charge on any atom is -0.444 e. The van der Waals surface area contributed by atoms with Crippen LogP contribution in [0.2, 0.25) is 0 Å². The number of carbonyl (C=O) groups is 2. The van der Waals surface area contributed by atoms with Gasteiger partial charge in [0.2, 0.25) is 0 Å². The van der Waals surface area contributed by atoms with Crippen molar-refractivity contribution in [3.05, 3.63) is 44.1 Å². The Balaban J connectivity index is 1.95. The van der Waals surface area contributed by atoms with Crippen molar-refractivity contribution in [3.63, 3.8) is 0 Å². The van der Waals surface area contributed by atoms with Gasteiger partial charge in [-0.3, -0.25) is 9.78 Å². The highest BCUT2D eigenvalue weighted by atomic mass is 16.6. The molecule has 1 aromatic carbocycles. The molecule has 0 saturated carbocycles. The molecule has 0 radical (unpaired) electrons. The molecule has 0 unspecified atom stereocenters. The second-order valence-electron chi connectivity index (χ2n) is 11.1. The van der Waals surface area contributed by atoms with E-state index in [9.17, 15) is 19.2 Å². The van der Waals surface area contributed by atoms with Crippen LogP contribution in [-0.2, 0) is 16.0 Å². The Morgan fingerprint density at radius 1 is 0.974 bits per heavy atom. The lowest BCUT2D eigenvalue weighted by Gasteiger charge is -2.28. The van der Waals surface area contributed by atoms with E-state index in [1.165, 1.54) is 4.90 Å². The maximum atomic E-state index is 13.0. The highest BCUT2D eigenvalue weighted by Crippen LogP contribution is 2.24. The third-order valence-electron chi connectivity index (χ3n) is 5.52. The van der Waals surface area contributed by atoms with Crippen LogP contribution in [0.3, 0.4) is 0 Å². The second kappa shape index (κ2) is 10.8. The third-order valence-corrected chi connectivity index (χ3v) is 5.52. The number of fused-ring (bicyclic) bond motifs is 2. The predicted octanol–water partition coefficient (Wildman–Crippen LogP) is 2.96. The first-order valence-corrected chi connectivity index (χ1v) is 12.4. The van der Waals surface area contributed by atoms with Crippen LogP contribution in [0.25, 0.3) is 22.6 Å². The van der Waals surface area contributed by atoms with E-state index >= 15 is 0 Å². The molecule has 0 atom stereocenters. The Kier molecular flexibility index (Phi) is 8.13. The number of ether oxygens (including phenoxy) is 2. The third kappa shape index (κ3) is 7.30. The van der Waals surface area contributed by atoms with E-state index in [-0.39, 0.29) is 37.7 Å². The van der Waals surface area contributed by atoms with Crippen molar-refractivity contribution in [1.29, 1.82) is 0 Å². The van der Waals surface area contributed by atoms with E-state index in [0.717, 1.165) is 11.1 Å². The predicted molar refractivity (Wildman–Crippen MR) is 143 cm³/mol. The monoisotopic (exact) mass is 528 g/mol. The van der Waals surface area contributed by atoms with E-state index in [4.69, 9.17) is 9.47 Å². The van der Waals surface area contributed by atoms with Gasteiger partial charge in [-0.25, -0.2) is 19.4 Å². The van der Waals surface area contributed by atoms with Gasteiger partial charge in [0.25, 0.3) is 5.56 Å². The lowest BCUT2D eigenvalue weighted by Crippen LogP contribution is -2.43. The van der Waals surface area contributed by atoms with Gasteiger partial charge in [0.1, 0.15) is 11.2 Å². The number of carbonyl (C=O) groups excluding carboxylic acids is 2. The summed E-state index contributed by atoms with van der Waals surface area (Å²) < 4.78 is 12.5. The molecular weight excluding hydrogens is 492 g/mol. The Bertz CT molecular complexity index is 1430. The zero-order valence-corrected chi connectivity index (χ0v) is 23.2. The molecule has 12 nitrogen and oxygen atoms in total. The van der Waals surface area contributed by atoms with Gasteiger partial charge in [0.05, 0.1) is 11.0 Å². The molecule has 0 fully saturated rings. The number of hydrogen-bond acceptors (Lipinski definition) is 8. The molecule has 0 saturated heterocycles. The van der Waals surface area contributed by atoms with Crippen molar-refractivity contribution in [2.75, 3.05) is 19.6 Å². The molecule has 38 heavy (non-hydrogen) atoms. The van der Waals surface area contributed by atoms with Crippen LogP contribution >= 0.6 is 0 Å². The molecule has 2 aliphatic rings. The molecule has 2 aliphatic heterocycles. The van der Waals surface area contributed by atoms with Crippen molar-refractivity contribution < 1.29 is 19.1 Å². The maximum absolute atomic E-state index is 13.0. The smallest absolute Gasteiger partial charge is 0.410 e. The van der Waals surface area contributed by atoms with Crippen molar-refractivity contribution in [2.45, 2.75) is 73.1 Å². The number of aromatic amines is 1. The van der Waals surface area contributed by atoms with Crippen molar-refractivity contribution >= 4 is 23.2 Å². The Hall–Kier alpha value is -3.96. The van der Waals surface area contributed by atoms with Crippen LogP contribution in [0.1, 0.15) is 52.7 Å². The number of benzene rings is 1. The summed E-state index contributed by atoms with van der Waals surface area (Å²) in [6.07, 6.45) is -1.17. The average Bonchev–Trinajstić information content (AvgIpc) is 2.74. The number of H-pyrrole nitrogens is 1. The van der Waals surface area contributed by atoms with Crippen molar-refractivity contribution in [2.24, 2.45) is 0 Å². The summed E-state index contributed by atoms with van der Waals surface area (Å²) in [7, 11) is 0. The summed E-state index contributed by atoms with van der Waals surface area (Å²) in [5.41, 5.74) is 0.405. The molecule has 0 spiro atoms. The number of amides is 2. The van der Waals surface area contributed by atoms with Crippen LogP contribution in [0, 0.1) is 13.8 Å². The molecule has 2 amide bonds. The average molecular weight is 529 g/mol. The minimum atomic E-state index is -0.785. The first kappa shape index (κ1) is 28.6. The molecule has 206 valence electrons. The second-order valence-corrected chi connectivity index (χ2v) is 11.1. The van der Waals surface area contributed by atoms with Gasteiger partial charge in [-0.05, 0) is 78.6 Å². The Morgan fingerprint density at radius 2 is 1.61 bits per heavy atom. The number of nitrogens with one attached hydrogen (secondary N) is 2. The Morgan fingerprint density at radius 3 is 2.24 bits per heavy atom. The molecule has 2 N–H and O–H groups in total. The largest absolute Gasteiger partial charge is 0.444 e. The molecule has 0 bridgehead atoms. The molecule has 1 aromatic rings. The topological polar surface area (TPSA) is 149 Å². The quantitative estimate of drug-likeness (QED) is 0.464. The summed E-state index contributed by atoms with van der Waals surface area (Å²) in [6, 6.07) is 3.77. The summed E-state index contributed by atoms with van der Waals surface area (Å²) in [4.78, 5) is 61.8. The molecule has 3 rings (SSSR count). The number of alkyl carbamates (subject to hydrolysis) is 1. The summed E-state index contributed by atoms with van der Waals surface area (Å²) in [5, 5.41) is 2.65. The fourth-order valence-electron chi connectivity index (χ4n) is 3.72. The SMILES string of the molecule is Cc1cc2nc3c(=O)[nH]c(=O)nc-3n(CCN(CCNC(=O)OC(C)(C)C)C(=O)OC(C)(C)C)c2cc1C. The lowest BCUT2D eigenvalue weighted by molar-refractivity contribution is 0.0234. The number of hydrogen-bond donors (Lipinski definition) is 2. The van der Waals surface area contributed by atoms with Crippen LogP contribution in [0.15, 0.2) is 21.7 Å². The summed E-state index contributed by atoms with van der Waals surface area (Å²) in [5.74, 6) is 0.116. The van der Waals surface area contributed by atoms with Gasteiger partial charge >= 0.3 is 17.9 Å². The Labute approximate surface area is 220 Å². The molecule has 0 aliphatic carbocycles. The standard InChI is InChI=1S/C26H36N6O6/c1-15-13-17-18(14-16(15)2)32(20-19(28-17)21(33)30-22(34)29-20)12-11-31(24(36)38-26(6,7)8)10-9-27-23(35)37-25(3,4)5/h13-14H,9-12H2,1-8H3,(H,27,35)(H,30,33,34). The van der Waals surface area contributed by atoms with Gasteiger partial charge in [-0.15, -0.1) is 0 Å².